The minimum Gasteiger partial charge on any atom is -0.370 e. The first kappa shape index (κ1) is 25.4. The van der Waals surface area contributed by atoms with Crippen molar-refractivity contribution >= 4 is 66.8 Å². The van der Waals surface area contributed by atoms with Crippen LogP contribution in [0.1, 0.15) is 38.3 Å². The van der Waals surface area contributed by atoms with Crippen molar-refractivity contribution in [2.45, 2.75) is 25.7 Å². The first-order valence-electron chi connectivity index (χ1n) is 9.14. The highest BCUT2D eigenvalue weighted by Crippen LogP contribution is 2.37. The zero-order valence-corrected chi connectivity index (χ0v) is 20.2. The predicted octanol–water partition coefficient (Wildman–Crippen LogP) is 6.49. The van der Waals surface area contributed by atoms with Crippen LogP contribution in [-0.2, 0) is 4.84 Å². The zero-order valence-electron chi connectivity index (χ0n) is 16.6. The van der Waals surface area contributed by atoms with Crippen molar-refractivity contribution in [1.82, 2.24) is 5.32 Å². The lowest BCUT2D eigenvalue weighted by Crippen LogP contribution is -2.35. The van der Waals surface area contributed by atoms with Crippen molar-refractivity contribution in [2.24, 2.45) is 5.16 Å². The Labute approximate surface area is 208 Å². The molecule has 1 N–H and O–H groups in total. The molecule has 12 heteroatoms. The number of benzene rings is 2. The van der Waals surface area contributed by atoms with Crippen molar-refractivity contribution in [2.75, 3.05) is 0 Å². The lowest BCUT2D eigenvalue weighted by atomic mass is 9.98. The number of alkyl halides is 3. The molecule has 1 atom stereocenters. The van der Waals surface area contributed by atoms with E-state index in [0.717, 1.165) is 12.1 Å². The van der Waals surface area contributed by atoms with E-state index in [1.165, 1.54) is 25.1 Å². The number of nitrogens with zero attached hydrogens (tertiary/aromatic N) is 1. The highest BCUT2D eigenvalue weighted by molar-refractivity contribution is 14.1. The second-order valence-electron chi connectivity index (χ2n) is 6.94. The first-order chi connectivity index (χ1) is 15.4. The average molecular weight is 615 g/mol. The maximum absolute atomic E-state index is 13.6. The lowest BCUT2D eigenvalue weighted by Gasteiger charge is -2.14. The molecule has 1 aliphatic rings. The van der Waals surface area contributed by atoms with Gasteiger partial charge in [0, 0.05) is 11.1 Å². The van der Waals surface area contributed by atoms with Crippen LogP contribution in [-0.4, -0.2) is 27.8 Å². The third-order valence-corrected chi connectivity index (χ3v) is 5.74. The second kappa shape index (κ2) is 9.98. The fraction of sp³-hybridized carbons (Fsp3) is 0.190. The molecule has 0 saturated heterocycles. The van der Waals surface area contributed by atoms with E-state index in [4.69, 9.17) is 28.0 Å². The molecule has 174 valence electrons. The maximum atomic E-state index is 13.6. The highest BCUT2D eigenvalue weighted by Gasteiger charge is 2.36. The third kappa shape index (κ3) is 6.04. The van der Waals surface area contributed by atoms with E-state index < -0.39 is 51.1 Å². The number of ketones is 1. The zero-order chi connectivity index (χ0) is 24.5. The number of carbonyl (C=O) groups is 2. The molecule has 1 amide bonds. The van der Waals surface area contributed by atoms with Crippen molar-refractivity contribution in [3.63, 3.8) is 0 Å². The summed E-state index contributed by atoms with van der Waals surface area (Å²) in [5.41, 5.74) is -1.41. The van der Waals surface area contributed by atoms with Crippen molar-refractivity contribution in [3.05, 3.63) is 74.5 Å². The normalized spacial score (nSPS) is 16.3. The maximum Gasteiger partial charge on any atom is 0.417 e. The smallest absolute Gasteiger partial charge is 0.370 e. The van der Waals surface area contributed by atoms with Gasteiger partial charge in [-0.3, -0.25) is 9.59 Å². The molecule has 2 aromatic carbocycles. The second-order valence-corrected chi connectivity index (χ2v) is 9.00. The first-order valence-corrected chi connectivity index (χ1v) is 11.0. The predicted molar refractivity (Wildman–Crippen MR) is 124 cm³/mol. The van der Waals surface area contributed by atoms with Crippen LogP contribution in [0.5, 0.6) is 0 Å². The van der Waals surface area contributed by atoms with Crippen LogP contribution >= 0.6 is 45.8 Å². The Morgan fingerprint density at radius 2 is 1.82 bits per heavy atom. The summed E-state index contributed by atoms with van der Waals surface area (Å²) in [4.78, 5) is 30.1. The summed E-state index contributed by atoms with van der Waals surface area (Å²) in [5.74, 6) is -2.53. The van der Waals surface area contributed by atoms with Gasteiger partial charge in [0.1, 0.15) is 3.72 Å². The number of oxime groups is 1. The molecule has 0 aliphatic carbocycles. The molecule has 0 spiro atoms. The van der Waals surface area contributed by atoms with Gasteiger partial charge in [0.2, 0.25) is 6.23 Å². The Morgan fingerprint density at radius 1 is 1.18 bits per heavy atom. The van der Waals surface area contributed by atoms with E-state index >= 15 is 0 Å². The van der Waals surface area contributed by atoms with Crippen LogP contribution in [0.15, 0.2) is 41.6 Å². The van der Waals surface area contributed by atoms with Crippen molar-refractivity contribution < 1.29 is 32.0 Å². The minimum atomic E-state index is -4.95. The highest BCUT2D eigenvalue weighted by atomic mass is 127. The van der Waals surface area contributed by atoms with Crippen LogP contribution in [0.3, 0.4) is 0 Å². The summed E-state index contributed by atoms with van der Waals surface area (Å²) in [7, 11) is 0. The fourth-order valence-corrected chi connectivity index (χ4v) is 3.98. The van der Waals surface area contributed by atoms with Crippen LogP contribution in [0, 0.1) is 12.7 Å². The third-order valence-electron chi connectivity index (χ3n) is 4.56. The molecule has 0 aromatic heterocycles. The largest absolute Gasteiger partial charge is 0.417 e. The molecular weight excluding hydrogens is 602 g/mol. The number of nitrogens with one attached hydrogen (secondary N) is 1. The van der Waals surface area contributed by atoms with E-state index in [2.05, 4.69) is 10.5 Å². The molecule has 0 saturated carbocycles. The number of halogens is 7. The van der Waals surface area contributed by atoms with Gasteiger partial charge in [-0.05, 0) is 71.0 Å². The van der Waals surface area contributed by atoms with E-state index in [1.54, 1.807) is 0 Å². The van der Waals surface area contributed by atoms with Gasteiger partial charge in [0.15, 0.2) is 11.6 Å². The molecule has 33 heavy (non-hydrogen) atoms. The fourth-order valence-electron chi connectivity index (χ4n) is 2.98. The van der Waals surface area contributed by atoms with Gasteiger partial charge in [-0.1, -0.05) is 34.4 Å². The number of carbonyl (C=O) groups excluding carboxylic acids is 2. The molecule has 0 fully saturated rings. The quantitative estimate of drug-likeness (QED) is 0.138. The number of allylic oxidation sites excluding steroid dienone is 2. The molecule has 1 unspecified atom stereocenters. The SMILES string of the molecule is Cc1cc(C(=O)/C=C(\c2cc(Cl)c(F)c(Cl)c2)C(F)(F)F)ccc1C(=O)NC1CC(I)=NO1. The molecule has 0 radical (unpaired) electrons. The molecule has 1 heterocycles. The van der Waals surface area contributed by atoms with Gasteiger partial charge in [-0.25, -0.2) is 4.39 Å². The molecular formula is C21H13Cl2F4IN2O3. The van der Waals surface area contributed by atoms with Gasteiger partial charge >= 0.3 is 6.18 Å². The molecule has 2 aromatic rings. The Balaban J connectivity index is 1.88. The number of amides is 1. The molecule has 0 bridgehead atoms. The summed E-state index contributed by atoms with van der Waals surface area (Å²) < 4.78 is 55.2. The van der Waals surface area contributed by atoms with E-state index in [9.17, 15) is 27.2 Å². The molecule has 1 aliphatic heterocycles. The standard InChI is InChI=1S/C21H13Cl2F4IN2O3/c1-9-4-10(2-3-12(9)20(32)29-18-8-17(28)30-33-18)16(31)7-13(21(25,26)27)11-5-14(22)19(24)15(23)6-11/h2-7,18H,8H2,1H3,(H,29,32)/b13-7+. The van der Waals surface area contributed by atoms with E-state index in [-0.39, 0.29) is 11.1 Å². The summed E-state index contributed by atoms with van der Waals surface area (Å²) in [6.07, 6.45) is -4.79. The van der Waals surface area contributed by atoms with Gasteiger partial charge in [0.05, 0.1) is 22.0 Å². The van der Waals surface area contributed by atoms with Gasteiger partial charge in [0.25, 0.3) is 5.91 Å². The van der Waals surface area contributed by atoms with Crippen LogP contribution in [0.4, 0.5) is 17.6 Å². The molecule has 5 nitrogen and oxygen atoms in total. The summed E-state index contributed by atoms with van der Waals surface area (Å²) in [5, 5.41) is 5.12. The topological polar surface area (TPSA) is 67.8 Å². The summed E-state index contributed by atoms with van der Waals surface area (Å²) >= 11 is 13.2. The Kier molecular flexibility index (Phi) is 7.69. The number of hydrogen-bond donors (Lipinski definition) is 1. The van der Waals surface area contributed by atoms with Gasteiger partial charge < -0.3 is 10.2 Å². The monoisotopic (exact) mass is 614 g/mol. The van der Waals surface area contributed by atoms with E-state index in [0.29, 0.717) is 21.8 Å². The molecule has 3 rings (SSSR count). The number of aryl methyl sites for hydroxylation is 1. The Bertz CT molecular complexity index is 1180. The van der Waals surface area contributed by atoms with Gasteiger partial charge in [-0.2, -0.15) is 13.2 Å². The average Bonchev–Trinajstić information content (AvgIpc) is 3.13. The minimum absolute atomic E-state index is 0.0832. The lowest BCUT2D eigenvalue weighted by molar-refractivity contribution is -0.0689. The summed E-state index contributed by atoms with van der Waals surface area (Å²) in [6, 6.07) is 5.33. The Hall–Kier alpha value is -2.18. The van der Waals surface area contributed by atoms with Gasteiger partial charge in [-0.15, -0.1) is 0 Å². The van der Waals surface area contributed by atoms with Crippen molar-refractivity contribution in [3.8, 4) is 0 Å². The van der Waals surface area contributed by atoms with Crippen molar-refractivity contribution in [1.29, 1.82) is 0 Å². The van der Waals surface area contributed by atoms with Crippen LogP contribution in [0.2, 0.25) is 10.0 Å². The number of hydrogen-bond acceptors (Lipinski definition) is 4. The number of rotatable bonds is 5. The van der Waals surface area contributed by atoms with Crippen LogP contribution < -0.4 is 5.32 Å². The van der Waals surface area contributed by atoms with E-state index in [1.807, 2.05) is 22.6 Å². The Morgan fingerprint density at radius 3 is 2.33 bits per heavy atom. The van der Waals surface area contributed by atoms with Crippen LogP contribution in [0.25, 0.3) is 5.57 Å². The summed E-state index contributed by atoms with van der Waals surface area (Å²) in [6.45, 7) is 1.54.